The summed E-state index contributed by atoms with van der Waals surface area (Å²) >= 11 is 15.1. The molecule has 2 amide bonds. The maximum Gasteiger partial charge on any atom is 0.254 e. The number of likely N-dealkylation sites (N-methyl/N-ethyl adjacent to an activating group) is 1. The second-order valence-corrected chi connectivity index (χ2v) is 6.86. The minimum absolute atomic E-state index is 0.108. The SMILES string of the molecule is COc1ccc(C(=O)N(C)CC(=O)Nc2ccc(Cl)c(Cl)c2)cc1Br. The van der Waals surface area contributed by atoms with Gasteiger partial charge in [-0.05, 0) is 52.3 Å². The average molecular weight is 446 g/mol. The molecular formula is C17H15BrCl2N2O3. The first-order valence-corrected chi connectivity index (χ1v) is 8.70. The first kappa shape index (κ1) is 19.6. The lowest BCUT2D eigenvalue weighted by atomic mass is 10.2. The fraction of sp³-hybridized carbons (Fsp3) is 0.176. The van der Waals surface area contributed by atoms with Gasteiger partial charge in [0.2, 0.25) is 5.91 Å². The van der Waals surface area contributed by atoms with E-state index in [-0.39, 0.29) is 18.4 Å². The number of amides is 2. The Balaban J connectivity index is 2.01. The molecule has 0 spiro atoms. The molecule has 2 aromatic carbocycles. The van der Waals surface area contributed by atoms with E-state index in [0.29, 0.717) is 31.5 Å². The van der Waals surface area contributed by atoms with Crippen LogP contribution in [0.5, 0.6) is 5.75 Å². The molecule has 0 bridgehead atoms. The number of ether oxygens (including phenoxy) is 1. The molecule has 8 heteroatoms. The van der Waals surface area contributed by atoms with Crippen LogP contribution in [0, 0.1) is 0 Å². The summed E-state index contributed by atoms with van der Waals surface area (Å²) in [6.07, 6.45) is 0. The van der Waals surface area contributed by atoms with Crippen molar-refractivity contribution < 1.29 is 14.3 Å². The first-order valence-electron chi connectivity index (χ1n) is 7.15. The summed E-state index contributed by atoms with van der Waals surface area (Å²) in [6.45, 7) is -0.108. The molecule has 5 nitrogen and oxygen atoms in total. The highest BCUT2D eigenvalue weighted by Gasteiger charge is 2.16. The van der Waals surface area contributed by atoms with Crippen LogP contribution in [0.25, 0.3) is 0 Å². The molecule has 0 aliphatic rings. The Bertz CT molecular complexity index is 814. The van der Waals surface area contributed by atoms with Gasteiger partial charge in [-0.3, -0.25) is 9.59 Å². The van der Waals surface area contributed by atoms with Crippen LogP contribution in [0.1, 0.15) is 10.4 Å². The number of benzene rings is 2. The van der Waals surface area contributed by atoms with Crippen LogP contribution in [0.2, 0.25) is 10.0 Å². The van der Waals surface area contributed by atoms with Crippen molar-refractivity contribution in [1.29, 1.82) is 0 Å². The van der Waals surface area contributed by atoms with E-state index < -0.39 is 0 Å². The maximum absolute atomic E-state index is 12.4. The highest BCUT2D eigenvalue weighted by Crippen LogP contribution is 2.26. The predicted molar refractivity (Wildman–Crippen MR) is 103 cm³/mol. The van der Waals surface area contributed by atoms with Crippen molar-refractivity contribution in [2.75, 3.05) is 26.0 Å². The lowest BCUT2D eigenvalue weighted by Gasteiger charge is -2.17. The van der Waals surface area contributed by atoms with Crippen LogP contribution in [-0.2, 0) is 4.79 Å². The second kappa shape index (κ2) is 8.56. The lowest BCUT2D eigenvalue weighted by Crippen LogP contribution is -2.34. The fourth-order valence-corrected chi connectivity index (χ4v) is 2.92. The van der Waals surface area contributed by atoms with E-state index in [1.54, 1.807) is 50.6 Å². The molecule has 25 heavy (non-hydrogen) atoms. The topological polar surface area (TPSA) is 58.6 Å². The normalized spacial score (nSPS) is 10.3. The van der Waals surface area contributed by atoms with Gasteiger partial charge in [-0.25, -0.2) is 0 Å². The summed E-state index contributed by atoms with van der Waals surface area (Å²) in [6, 6.07) is 9.73. The zero-order valence-corrected chi connectivity index (χ0v) is 16.6. The van der Waals surface area contributed by atoms with E-state index in [2.05, 4.69) is 21.2 Å². The van der Waals surface area contributed by atoms with Crippen molar-refractivity contribution in [3.05, 3.63) is 56.5 Å². The molecule has 0 fully saturated rings. The van der Waals surface area contributed by atoms with Crippen molar-refractivity contribution in [3.63, 3.8) is 0 Å². The molecule has 0 aromatic heterocycles. The van der Waals surface area contributed by atoms with Gasteiger partial charge in [0.05, 0.1) is 28.2 Å². The summed E-state index contributed by atoms with van der Waals surface area (Å²) in [5.41, 5.74) is 0.949. The van der Waals surface area contributed by atoms with Crippen molar-refractivity contribution in [2.24, 2.45) is 0 Å². The predicted octanol–water partition coefficient (Wildman–Crippen LogP) is 4.48. The molecule has 0 aliphatic heterocycles. The molecule has 2 rings (SSSR count). The fourth-order valence-electron chi connectivity index (χ4n) is 2.08. The molecule has 132 valence electrons. The zero-order chi connectivity index (χ0) is 18.6. The minimum atomic E-state index is -0.346. The summed E-state index contributed by atoms with van der Waals surface area (Å²) in [5.74, 6) is -0.00831. The summed E-state index contributed by atoms with van der Waals surface area (Å²) in [7, 11) is 3.09. The van der Waals surface area contributed by atoms with E-state index in [0.717, 1.165) is 0 Å². The summed E-state index contributed by atoms with van der Waals surface area (Å²) in [4.78, 5) is 25.9. The molecule has 0 saturated carbocycles. The monoisotopic (exact) mass is 444 g/mol. The van der Waals surface area contributed by atoms with Crippen molar-refractivity contribution in [1.82, 2.24) is 4.90 Å². The molecular weight excluding hydrogens is 431 g/mol. The first-order chi connectivity index (χ1) is 11.8. The Morgan fingerprint density at radius 2 is 1.88 bits per heavy atom. The van der Waals surface area contributed by atoms with Gasteiger partial charge in [0, 0.05) is 18.3 Å². The number of hydrogen-bond acceptors (Lipinski definition) is 3. The van der Waals surface area contributed by atoms with E-state index >= 15 is 0 Å². The lowest BCUT2D eigenvalue weighted by molar-refractivity contribution is -0.116. The Labute approximate surface area is 164 Å². The summed E-state index contributed by atoms with van der Waals surface area (Å²) in [5, 5.41) is 3.41. The third kappa shape index (κ3) is 5.11. The molecule has 0 radical (unpaired) electrons. The minimum Gasteiger partial charge on any atom is -0.496 e. The Kier molecular flexibility index (Phi) is 6.70. The Morgan fingerprint density at radius 3 is 2.48 bits per heavy atom. The van der Waals surface area contributed by atoms with Gasteiger partial charge in [-0.2, -0.15) is 0 Å². The highest BCUT2D eigenvalue weighted by molar-refractivity contribution is 9.10. The number of rotatable bonds is 5. The number of carbonyl (C=O) groups is 2. The number of hydrogen-bond donors (Lipinski definition) is 1. The van der Waals surface area contributed by atoms with E-state index in [4.69, 9.17) is 27.9 Å². The maximum atomic E-state index is 12.4. The third-order valence-corrected chi connectivity index (χ3v) is 4.69. The van der Waals surface area contributed by atoms with Crippen LogP contribution in [0.3, 0.4) is 0 Å². The number of anilines is 1. The van der Waals surface area contributed by atoms with Crippen LogP contribution >= 0.6 is 39.1 Å². The Hall–Kier alpha value is -1.76. The second-order valence-electron chi connectivity index (χ2n) is 5.19. The van der Waals surface area contributed by atoms with Gasteiger partial charge in [-0.15, -0.1) is 0 Å². The quantitative estimate of drug-likeness (QED) is 0.738. The van der Waals surface area contributed by atoms with Crippen LogP contribution < -0.4 is 10.1 Å². The molecule has 0 unspecified atom stereocenters. The number of nitrogens with one attached hydrogen (secondary N) is 1. The standard InChI is InChI=1S/C17H15BrCl2N2O3/c1-22(17(24)10-3-6-15(25-2)12(18)7-10)9-16(23)21-11-4-5-13(19)14(20)8-11/h3-8H,9H2,1-2H3,(H,21,23). The van der Waals surface area contributed by atoms with Crippen LogP contribution in [0.15, 0.2) is 40.9 Å². The van der Waals surface area contributed by atoms with E-state index in [9.17, 15) is 9.59 Å². The summed E-state index contributed by atoms with van der Waals surface area (Å²) < 4.78 is 5.79. The Morgan fingerprint density at radius 1 is 1.16 bits per heavy atom. The van der Waals surface area contributed by atoms with Crippen LogP contribution in [0.4, 0.5) is 5.69 Å². The van der Waals surface area contributed by atoms with Crippen molar-refractivity contribution >= 4 is 56.6 Å². The average Bonchev–Trinajstić information content (AvgIpc) is 2.57. The molecule has 2 aromatic rings. The number of nitrogens with zero attached hydrogens (tertiary/aromatic N) is 1. The zero-order valence-electron chi connectivity index (χ0n) is 13.5. The van der Waals surface area contributed by atoms with Gasteiger partial charge < -0.3 is 15.0 Å². The van der Waals surface area contributed by atoms with Gasteiger partial charge in [0.15, 0.2) is 0 Å². The largest absolute Gasteiger partial charge is 0.496 e. The number of carbonyl (C=O) groups excluding carboxylic acids is 2. The van der Waals surface area contributed by atoms with E-state index in [1.807, 2.05) is 0 Å². The molecule has 0 heterocycles. The smallest absolute Gasteiger partial charge is 0.254 e. The van der Waals surface area contributed by atoms with E-state index in [1.165, 1.54) is 4.90 Å². The number of halogens is 3. The third-order valence-electron chi connectivity index (χ3n) is 3.33. The van der Waals surface area contributed by atoms with Gasteiger partial charge in [-0.1, -0.05) is 23.2 Å². The van der Waals surface area contributed by atoms with Gasteiger partial charge >= 0.3 is 0 Å². The van der Waals surface area contributed by atoms with Crippen LogP contribution in [-0.4, -0.2) is 37.4 Å². The van der Waals surface area contributed by atoms with Gasteiger partial charge in [0.1, 0.15) is 5.75 Å². The van der Waals surface area contributed by atoms with Gasteiger partial charge in [0.25, 0.3) is 5.91 Å². The molecule has 0 aliphatic carbocycles. The van der Waals surface area contributed by atoms with Crippen molar-refractivity contribution in [3.8, 4) is 5.75 Å². The molecule has 1 N–H and O–H groups in total. The number of methoxy groups -OCH3 is 1. The molecule has 0 saturated heterocycles. The highest BCUT2D eigenvalue weighted by atomic mass is 79.9. The molecule has 0 atom stereocenters. The van der Waals surface area contributed by atoms with Crippen molar-refractivity contribution in [2.45, 2.75) is 0 Å².